The number of nitrogens with one attached hydrogen (secondary N) is 2. The zero-order valence-electron chi connectivity index (χ0n) is 13.9. The summed E-state index contributed by atoms with van der Waals surface area (Å²) in [5.74, 6) is 0.446. The highest BCUT2D eigenvalue weighted by Gasteiger charge is 2.25. The SMILES string of the molecule is COc1ccc(NC(=O)NC2CCN(C(=O)c3ccoc3)CC2)cn1. The summed E-state index contributed by atoms with van der Waals surface area (Å²) in [6, 6.07) is 4.79. The van der Waals surface area contributed by atoms with Crippen LogP contribution in [0.3, 0.4) is 0 Å². The maximum Gasteiger partial charge on any atom is 0.319 e. The van der Waals surface area contributed by atoms with Crippen LogP contribution in [0.4, 0.5) is 10.5 Å². The highest BCUT2D eigenvalue weighted by molar-refractivity contribution is 5.94. The number of carbonyl (C=O) groups excluding carboxylic acids is 2. The first kappa shape index (κ1) is 16.8. The smallest absolute Gasteiger partial charge is 0.319 e. The first-order valence-electron chi connectivity index (χ1n) is 8.05. The lowest BCUT2D eigenvalue weighted by Crippen LogP contribution is -2.47. The number of amides is 3. The Kier molecular flexibility index (Phi) is 5.17. The zero-order chi connectivity index (χ0) is 17.6. The van der Waals surface area contributed by atoms with Gasteiger partial charge < -0.3 is 24.7 Å². The molecule has 1 aliphatic heterocycles. The third-order valence-electron chi connectivity index (χ3n) is 4.09. The van der Waals surface area contributed by atoms with Gasteiger partial charge in [-0.3, -0.25) is 4.79 Å². The van der Waals surface area contributed by atoms with E-state index in [0.29, 0.717) is 43.1 Å². The minimum absolute atomic E-state index is 0.0274. The van der Waals surface area contributed by atoms with Crippen molar-refractivity contribution in [3.8, 4) is 5.88 Å². The fourth-order valence-corrected chi connectivity index (χ4v) is 2.72. The molecule has 0 saturated carbocycles. The molecule has 1 aliphatic rings. The maximum atomic E-state index is 12.2. The fourth-order valence-electron chi connectivity index (χ4n) is 2.72. The summed E-state index contributed by atoms with van der Waals surface area (Å²) in [5, 5.41) is 5.66. The topological polar surface area (TPSA) is 96.7 Å². The van der Waals surface area contributed by atoms with E-state index in [1.165, 1.54) is 25.8 Å². The van der Waals surface area contributed by atoms with Crippen LogP contribution in [0, 0.1) is 0 Å². The van der Waals surface area contributed by atoms with E-state index in [-0.39, 0.29) is 18.0 Å². The van der Waals surface area contributed by atoms with Crippen molar-refractivity contribution in [1.82, 2.24) is 15.2 Å². The summed E-state index contributed by atoms with van der Waals surface area (Å²) in [6.45, 7) is 1.19. The van der Waals surface area contributed by atoms with E-state index < -0.39 is 0 Å². The lowest BCUT2D eigenvalue weighted by Gasteiger charge is -2.32. The van der Waals surface area contributed by atoms with Gasteiger partial charge in [0.15, 0.2) is 0 Å². The van der Waals surface area contributed by atoms with Crippen molar-refractivity contribution in [1.29, 1.82) is 0 Å². The largest absolute Gasteiger partial charge is 0.481 e. The summed E-state index contributed by atoms with van der Waals surface area (Å²) in [7, 11) is 1.53. The molecule has 1 saturated heterocycles. The van der Waals surface area contributed by atoms with Gasteiger partial charge in [0.1, 0.15) is 6.26 Å². The van der Waals surface area contributed by atoms with Crippen molar-refractivity contribution < 1.29 is 18.7 Å². The number of rotatable bonds is 4. The average molecular weight is 344 g/mol. The number of anilines is 1. The van der Waals surface area contributed by atoms with Crippen molar-refractivity contribution >= 4 is 17.6 Å². The zero-order valence-corrected chi connectivity index (χ0v) is 13.9. The van der Waals surface area contributed by atoms with Crippen molar-refractivity contribution in [3.05, 3.63) is 42.5 Å². The third-order valence-corrected chi connectivity index (χ3v) is 4.09. The molecule has 0 aliphatic carbocycles. The van der Waals surface area contributed by atoms with Crippen molar-refractivity contribution in [2.45, 2.75) is 18.9 Å². The molecule has 0 bridgehead atoms. The van der Waals surface area contributed by atoms with E-state index in [9.17, 15) is 9.59 Å². The highest BCUT2D eigenvalue weighted by atomic mass is 16.5. The van der Waals surface area contributed by atoms with Crippen LogP contribution in [0.15, 0.2) is 41.3 Å². The number of urea groups is 1. The van der Waals surface area contributed by atoms with Crippen LogP contribution in [0.25, 0.3) is 0 Å². The van der Waals surface area contributed by atoms with Gasteiger partial charge in [0, 0.05) is 25.2 Å². The van der Waals surface area contributed by atoms with E-state index in [1.807, 2.05) is 0 Å². The fraction of sp³-hybridized carbons (Fsp3) is 0.353. The summed E-state index contributed by atoms with van der Waals surface area (Å²) >= 11 is 0. The van der Waals surface area contributed by atoms with E-state index in [0.717, 1.165) is 0 Å². The Bertz CT molecular complexity index is 707. The van der Waals surface area contributed by atoms with Crippen LogP contribution in [-0.2, 0) is 0 Å². The Morgan fingerprint density at radius 3 is 2.68 bits per heavy atom. The van der Waals surface area contributed by atoms with Crippen molar-refractivity contribution in [3.63, 3.8) is 0 Å². The number of ether oxygens (including phenoxy) is 1. The van der Waals surface area contributed by atoms with Crippen LogP contribution in [0.2, 0.25) is 0 Å². The molecule has 1 fully saturated rings. The number of aromatic nitrogens is 1. The molecule has 2 N–H and O–H groups in total. The molecule has 0 unspecified atom stereocenters. The quantitative estimate of drug-likeness (QED) is 0.885. The second kappa shape index (κ2) is 7.69. The van der Waals surface area contributed by atoms with Gasteiger partial charge in [0.25, 0.3) is 5.91 Å². The second-order valence-electron chi connectivity index (χ2n) is 5.77. The third kappa shape index (κ3) is 4.28. The molecule has 0 radical (unpaired) electrons. The van der Waals surface area contributed by atoms with Crippen LogP contribution in [0.1, 0.15) is 23.2 Å². The standard InChI is InChI=1S/C17H20N4O4/c1-24-15-3-2-14(10-18-15)20-17(23)19-13-4-7-21(8-5-13)16(22)12-6-9-25-11-12/h2-3,6,9-11,13H,4-5,7-8H2,1H3,(H2,19,20,23). The summed E-state index contributed by atoms with van der Waals surface area (Å²) in [4.78, 5) is 30.1. The number of hydrogen-bond acceptors (Lipinski definition) is 5. The van der Waals surface area contributed by atoms with Gasteiger partial charge in [-0.25, -0.2) is 9.78 Å². The number of hydrogen-bond donors (Lipinski definition) is 2. The molecular weight excluding hydrogens is 324 g/mol. The van der Waals surface area contributed by atoms with Crippen molar-refractivity contribution in [2.75, 3.05) is 25.5 Å². The molecule has 8 nitrogen and oxygen atoms in total. The van der Waals surface area contributed by atoms with E-state index in [4.69, 9.17) is 9.15 Å². The number of pyridine rings is 1. The lowest BCUT2D eigenvalue weighted by molar-refractivity contribution is 0.0708. The Morgan fingerprint density at radius 2 is 2.08 bits per heavy atom. The molecular formula is C17H20N4O4. The molecule has 3 heterocycles. The minimum atomic E-state index is -0.286. The molecule has 8 heteroatoms. The highest BCUT2D eigenvalue weighted by Crippen LogP contribution is 2.15. The maximum absolute atomic E-state index is 12.2. The van der Waals surface area contributed by atoms with E-state index in [1.54, 1.807) is 23.1 Å². The van der Waals surface area contributed by atoms with Crippen molar-refractivity contribution in [2.24, 2.45) is 0 Å². The predicted molar refractivity (Wildman–Crippen MR) is 90.6 cm³/mol. The molecule has 0 spiro atoms. The first-order valence-corrected chi connectivity index (χ1v) is 8.05. The molecule has 2 aromatic rings. The Morgan fingerprint density at radius 1 is 1.28 bits per heavy atom. The average Bonchev–Trinajstić information content (AvgIpc) is 3.17. The molecule has 3 rings (SSSR count). The lowest BCUT2D eigenvalue weighted by atomic mass is 10.0. The molecule has 25 heavy (non-hydrogen) atoms. The Labute approximate surface area is 145 Å². The van der Waals surface area contributed by atoms with Crippen LogP contribution >= 0.6 is 0 Å². The molecule has 132 valence electrons. The number of likely N-dealkylation sites (tertiary alicyclic amines) is 1. The van der Waals surface area contributed by atoms with Gasteiger partial charge in [-0.15, -0.1) is 0 Å². The summed E-state index contributed by atoms with van der Waals surface area (Å²) in [6.07, 6.45) is 5.88. The monoisotopic (exact) mass is 344 g/mol. The number of nitrogens with zero attached hydrogens (tertiary/aromatic N) is 2. The second-order valence-corrected chi connectivity index (χ2v) is 5.77. The minimum Gasteiger partial charge on any atom is -0.481 e. The molecule has 2 aromatic heterocycles. The van der Waals surface area contributed by atoms with Gasteiger partial charge in [0.05, 0.1) is 30.8 Å². The normalized spacial score (nSPS) is 14.8. The van der Waals surface area contributed by atoms with Crippen LogP contribution < -0.4 is 15.4 Å². The van der Waals surface area contributed by atoms with Gasteiger partial charge in [-0.05, 0) is 25.0 Å². The van der Waals surface area contributed by atoms with Crippen LogP contribution in [0.5, 0.6) is 5.88 Å². The van der Waals surface area contributed by atoms with Gasteiger partial charge in [-0.2, -0.15) is 0 Å². The number of piperidine rings is 1. The molecule has 0 atom stereocenters. The molecule has 0 aromatic carbocycles. The summed E-state index contributed by atoms with van der Waals surface area (Å²) < 4.78 is 9.92. The van der Waals surface area contributed by atoms with E-state index in [2.05, 4.69) is 15.6 Å². The predicted octanol–water partition coefficient (Wildman–Crippen LogP) is 2.11. The summed E-state index contributed by atoms with van der Waals surface area (Å²) in [5.41, 5.74) is 1.14. The van der Waals surface area contributed by atoms with Crippen LogP contribution in [-0.4, -0.2) is 48.1 Å². The van der Waals surface area contributed by atoms with Gasteiger partial charge >= 0.3 is 6.03 Å². The molecule has 3 amide bonds. The van der Waals surface area contributed by atoms with Gasteiger partial charge in [0.2, 0.25) is 5.88 Å². The first-order chi connectivity index (χ1) is 12.2. The number of carbonyl (C=O) groups is 2. The Hall–Kier alpha value is -3.03. The number of methoxy groups -OCH3 is 1. The van der Waals surface area contributed by atoms with E-state index >= 15 is 0 Å². The Balaban J connectivity index is 1.45. The van der Waals surface area contributed by atoms with Gasteiger partial charge in [-0.1, -0.05) is 0 Å². The number of furan rings is 1.